The Hall–Kier alpha value is -2.52. The van der Waals surface area contributed by atoms with Crippen LogP contribution in [0, 0.1) is 0 Å². The minimum atomic E-state index is -0.250. The van der Waals surface area contributed by atoms with Crippen LogP contribution in [-0.4, -0.2) is 11.6 Å². The Labute approximate surface area is 133 Å². The van der Waals surface area contributed by atoms with Gasteiger partial charge in [0.2, 0.25) is 0 Å². The van der Waals surface area contributed by atoms with Crippen molar-refractivity contribution in [2.45, 2.75) is 14.7 Å². The summed E-state index contributed by atoms with van der Waals surface area (Å²) in [6, 6.07) is 32.2. The van der Waals surface area contributed by atoms with E-state index in [1.165, 1.54) is 14.7 Å². The first-order valence-corrected chi connectivity index (χ1v) is 8.06. The molecule has 22 heavy (non-hydrogen) atoms. The Morgan fingerprint density at radius 2 is 0.818 bits per heavy atom. The van der Waals surface area contributed by atoms with Crippen LogP contribution in [-0.2, 0) is 15.7 Å². The van der Waals surface area contributed by atoms with Gasteiger partial charge in [0.1, 0.15) is 0 Å². The van der Waals surface area contributed by atoms with Crippen LogP contribution in [0.3, 0.4) is 0 Å². The summed E-state index contributed by atoms with van der Waals surface area (Å²) in [5.41, 5.74) is 0. The van der Waals surface area contributed by atoms with Gasteiger partial charge in [0, 0.05) is 0 Å². The van der Waals surface area contributed by atoms with Crippen LogP contribution in [0.4, 0.5) is 0 Å². The molecule has 0 atom stereocenters. The predicted molar refractivity (Wildman–Crippen MR) is 90.2 cm³/mol. The fourth-order valence-corrected chi connectivity index (χ4v) is 4.18. The van der Waals surface area contributed by atoms with Gasteiger partial charge in [0.05, 0.1) is 10.9 Å². The zero-order valence-corrected chi connectivity index (χ0v) is 12.8. The summed E-state index contributed by atoms with van der Waals surface area (Å²) in [6.45, 7) is -0.250. The molecule has 110 valence electrons. The summed E-state index contributed by atoms with van der Waals surface area (Å²) in [5.74, 6) is 0. The second-order valence-electron chi connectivity index (χ2n) is 4.35. The number of carboxylic acid groups (broad SMARTS) is 1. The molecule has 3 heteroatoms. The molecule has 0 aliphatic heterocycles. The molecule has 0 heterocycles. The third kappa shape index (κ3) is 4.24. The average molecular weight is 309 g/mol. The third-order valence-electron chi connectivity index (χ3n) is 2.94. The summed E-state index contributed by atoms with van der Waals surface area (Å²) in [6.07, 6.45) is 0. The van der Waals surface area contributed by atoms with Crippen LogP contribution in [0.5, 0.6) is 0 Å². The quantitative estimate of drug-likeness (QED) is 0.572. The van der Waals surface area contributed by atoms with E-state index in [0.29, 0.717) is 0 Å². The second kappa shape index (κ2) is 8.70. The van der Waals surface area contributed by atoms with Crippen molar-refractivity contribution in [3.05, 3.63) is 91.0 Å². The molecule has 0 saturated carbocycles. The first-order valence-electron chi connectivity index (χ1n) is 6.84. The van der Waals surface area contributed by atoms with E-state index in [1.807, 2.05) is 0 Å². The molecule has 0 aliphatic rings. The van der Waals surface area contributed by atoms with Crippen LogP contribution in [0.2, 0.25) is 0 Å². The van der Waals surface area contributed by atoms with Crippen molar-refractivity contribution in [2.75, 3.05) is 0 Å². The lowest BCUT2D eigenvalue weighted by Crippen LogP contribution is -2.04. The van der Waals surface area contributed by atoms with Crippen molar-refractivity contribution in [3.8, 4) is 0 Å². The molecule has 0 aliphatic carbocycles. The molecular weight excluding hydrogens is 292 g/mol. The van der Waals surface area contributed by atoms with Crippen LogP contribution >= 0.6 is 0 Å². The number of benzene rings is 3. The number of rotatable bonds is 3. The smallest absolute Gasteiger partial charge is 0.290 e. The molecule has 0 amide bonds. The zero-order valence-electron chi connectivity index (χ0n) is 12.0. The summed E-state index contributed by atoms with van der Waals surface area (Å²) in [5, 5.41) is 6.89. The highest BCUT2D eigenvalue weighted by atomic mass is 32.2. The zero-order chi connectivity index (χ0) is 15.6. The van der Waals surface area contributed by atoms with E-state index in [9.17, 15) is 0 Å². The molecule has 0 spiro atoms. The Bertz CT molecular complexity index is 576. The molecule has 0 aromatic heterocycles. The maximum absolute atomic E-state index is 8.36. The molecule has 3 aromatic rings. The highest BCUT2D eigenvalue weighted by Gasteiger charge is 2.27. The topological polar surface area (TPSA) is 37.3 Å². The monoisotopic (exact) mass is 309 g/mol. The lowest BCUT2D eigenvalue weighted by atomic mass is 10.4. The van der Waals surface area contributed by atoms with Gasteiger partial charge in [-0.25, -0.2) is 0 Å². The largest absolute Gasteiger partial charge is 0.483 e. The number of hydrogen-bond acceptors (Lipinski definition) is 1. The van der Waals surface area contributed by atoms with Gasteiger partial charge in [-0.2, -0.15) is 0 Å². The van der Waals surface area contributed by atoms with E-state index >= 15 is 0 Å². The predicted octanol–water partition coefficient (Wildman–Crippen LogP) is 4.48. The van der Waals surface area contributed by atoms with Gasteiger partial charge in [0.15, 0.2) is 14.7 Å². The molecule has 3 aromatic carbocycles. The highest BCUT2D eigenvalue weighted by molar-refractivity contribution is 7.97. The molecule has 2 nitrogen and oxygen atoms in total. The van der Waals surface area contributed by atoms with E-state index in [1.54, 1.807) is 0 Å². The highest BCUT2D eigenvalue weighted by Crippen LogP contribution is 2.30. The van der Waals surface area contributed by atoms with Gasteiger partial charge in [0.25, 0.3) is 6.47 Å². The van der Waals surface area contributed by atoms with Gasteiger partial charge in [-0.15, -0.1) is 0 Å². The van der Waals surface area contributed by atoms with Gasteiger partial charge in [-0.1, -0.05) is 54.6 Å². The van der Waals surface area contributed by atoms with Gasteiger partial charge in [-0.05, 0) is 36.4 Å². The van der Waals surface area contributed by atoms with E-state index in [4.69, 9.17) is 9.90 Å². The average Bonchev–Trinajstić information content (AvgIpc) is 2.59. The van der Waals surface area contributed by atoms with Crippen LogP contribution in [0.1, 0.15) is 0 Å². The van der Waals surface area contributed by atoms with Gasteiger partial charge >= 0.3 is 0 Å². The van der Waals surface area contributed by atoms with E-state index in [2.05, 4.69) is 91.0 Å². The normalized spacial score (nSPS) is 9.68. The van der Waals surface area contributed by atoms with E-state index in [-0.39, 0.29) is 17.4 Å². The summed E-state index contributed by atoms with van der Waals surface area (Å²) < 4.78 is 0. The van der Waals surface area contributed by atoms with Crippen LogP contribution in [0.15, 0.2) is 106 Å². The van der Waals surface area contributed by atoms with Crippen molar-refractivity contribution in [3.63, 3.8) is 0 Å². The van der Waals surface area contributed by atoms with Crippen molar-refractivity contribution in [1.82, 2.24) is 0 Å². The maximum atomic E-state index is 8.36. The Morgan fingerprint density at radius 1 is 0.591 bits per heavy atom. The molecule has 0 bridgehead atoms. The minimum Gasteiger partial charge on any atom is -0.483 e. The first kappa shape index (κ1) is 15.9. The van der Waals surface area contributed by atoms with Gasteiger partial charge < -0.3 is 5.11 Å². The standard InChI is InChI=1S/C18H15S.CH2O2/c1-4-10-16(11-5-1)19(17-12-6-2-7-13-17)18-14-8-3-9-15-18;2-1-3/h1-15H;1H,(H,2,3)/q+1;. The molecule has 1 N–H and O–H groups in total. The summed E-state index contributed by atoms with van der Waals surface area (Å²) in [4.78, 5) is 12.4. The minimum absolute atomic E-state index is 0.0146. The summed E-state index contributed by atoms with van der Waals surface area (Å²) in [7, 11) is -0.0146. The van der Waals surface area contributed by atoms with Crippen molar-refractivity contribution < 1.29 is 9.90 Å². The Balaban J connectivity index is 0.000000545. The van der Waals surface area contributed by atoms with Crippen molar-refractivity contribution in [2.24, 2.45) is 0 Å². The van der Waals surface area contributed by atoms with Gasteiger partial charge in [-0.3, -0.25) is 4.79 Å². The molecule has 0 unspecified atom stereocenters. The second-order valence-corrected chi connectivity index (χ2v) is 6.38. The van der Waals surface area contributed by atoms with E-state index < -0.39 is 0 Å². The van der Waals surface area contributed by atoms with Crippen molar-refractivity contribution >= 4 is 17.4 Å². The lowest BCUT2D eigenvalue weighted by Gasteiger charge is -2.07. The Kier molecular flexibility index (Phi) is 6.27. The third-order valence-corrected chi connectivity index (χ3v) is 5.17. The fourth-order valence-electron chi connectivity index (χ4n) is 2.08. The molecule has 3 rings (SSSR count). The first-order chi connectivity index (χ1) is 10.9. The van der Waals surface area contributed by atoms with Crippen LogP contribution < -0.4 is 0 Å². The maximum Gasteiger partial charge on any atom is 0.290 e. The molecule has 0 radical (unpaired) electrons. The van der Waals surface area contributed by atoms with Crippen LogP contribution in [0.25, 0.3) is 0 Å². The molecular formula is C19H17O2S+. The SMILES string of the molecule is O=CO.c1ccc([S+](c2ccccc2)c2ccccc2)cc1. The number of carbonyl (C=O) groups is 1. The molecule has 0 fully saturated rings. The summed E-state index contributed by atoms with van der Waals surface area (Å²) >= 11 is 0. The van der Waals surface area contributed by atoms with Crippen molar-refractivity contribution in [1.29, 1.82) is 0 Å². The lowest BCUT2D eigenvalue weighted by molar-refractivity contribution is -0.122. The Morgan fingerprint density at radius 3 is 1.05 bits per heavy atom. The van der Waals surface area contributed by atoms with E-state index in [0.717, 1.165) is 0 Å². The fraction of sp³-hybridized carbons (Fsp3) is 0. The molecule has 0 saturated heterocycles. The number of hydrogen-bond donors (Lipinski definition) is 1.